The molecule has 2 saturated heterocycles. The number of piperidine rings is 1. The minimum atomic E-state index is 0.0840. The first-order chi connectivity index (χ1) is 13.0. The summed E-state index contributed by atoms with van der Waals surface area (Å²) >= 11 is 0. The van der Waals surface area contributed by atoms with Crippen molar-refractivity contribution in [1.82, 2.24) is 24.4 Å². The van der Waals surface area contributed by atoms with Gasteiger partial charge in [0.05, 0.1) is 24.2 Å². The lowest BCUT2D eigenvalue weighted by molar-refractivity contribution is -0.0715. The van der Waals surface area contributed by atoms with Crippen LogP contribution in [-0.4, -0.2) is 62.3 Å². The first kappa shape index (κ1) is 18.4. The molecule has 0 amide bonds. The normalized spacial score (nSPS) is 22.4. The number of allylic oxidation sites excluding steroid dienone is 1. The topological polar surface area (TPSA) is 68.1 Å². The molecule has 7 nitrogen and oxygen atoms in total. The standard InChI is InChI=1S/C20H30N6O/c1-15(2)5-9-26-10-7-20(8-11-26)6-4-16(27-20)12-21-19-22-13-17-18(24-19)25(3)14-23-17/h5,13-14,16H,4,6-12H2,1-3H3,(H,21,22,24). The fourth-order valence-electron chi connectivity index (χ4n) is 4.07. The van der Waals surface area contributed by atoms with Gasteiger partial charge < -0.3 is 14.6 Å². The van der Waals surface area contributed by atoms with Gasteiger partial charge in [-0.05, 0) is 39.5 Å². The molecule has 1 N–H and O–H groups in total. The van der Waals surface area contributed by atoms with E-state index >= 15 is 0 Å². The monoisotopic (exact) mass is 370 g/mol. The molecule has 0 bridgehead atoms. The van der Waals surface area contributed by atoms with Crippen LogP contribution in [-0.2, 0) is 11.8 Å². The van der Waals surface area contributed by atoms with Crippen molar-refractivity contribution in [2.45, 2.75) is 51.2 Å². The summed E-state index contributed by atoms with van der Waals surface area (Å²) in [6, 6.07) is 0. The van der Waals surface area contributed by atoms with Crippen LogP contribution in [0, 0.1) is 0 Å². The Morgan fingerprint density at radius 2 is 2.11 bits per heavy atom. The Morgan fingerprint density at radius 3 is 2.89 bits per heavy atom. The van der Waals surface area contributed by atoms with E-state index in [1.807, 2.05) is 11.6 Å². The third kappa shape index (κ3) is 4.14. The van der Waals surface area contributed by atoms with Crippen molar-refractivity contribution >= 4 is 17.1 Å². The number of aromatic nitrogens is 4. The van der Waals surface area contributed by atoms with Crippen molar-refractivity contribution in [2.75, 3.05) is 31.5 Å². The molecule has 27 heavy (non-hydrogen) atoms. The van der Waals surface area contributed by atoms with Gasteiger partial charge in [0, 0.05) is 33.2 Å². The highest BCUT2D eigenvalue weighted by atomic mass is 16.5. The zero-order chi connectivity index (χ0) is 18.9. The van der Waals surface area contributed by atoms with Crippen LogP contribution in [0.5, 0.6) is 0 Å². The lowest BCUT2D eigenvalue weighted by atomic mass is 9.88. The van der Waals surface area contributed by atoms with Crippen molar-refractivity contribution in [3.05, 3.63) is 24.2 Å². The number of nitrogens with zero attached hydrogens (tertiary/aromatic N) is 5. The van der Waals surface area contributed by atoms with Gasteiger partial charge in [0.25, 0.3) is 0 Å². The maximum absolute atomic E-state index is 6.50. The molecule has 4 heterocycles. The van der Waals surface area contributed by atoms with Gasteiger partial charge in [0.2, 0.25) is 5.95 Å². The van der Waals surface area contributed by atoms with Gasteiger partial charge in [0.15, 0.2) is 5.65 Å². The lowest BCUT2D eigenvalue weighted by Crippen LogP contribution is -2.44. The van der Waals surface area contributed by atoms with Crippen LogP contribution in [0.3, 0.4) is 0 Å². The summed E-state index contributed by atoms with van der Waals surface area (Å²) in [5.74, 6) is 0.646. The molecule has 2 aliphatic heterocycles. The molecule has 7 heteroatoms. The van der Waals surface area contributed by atoms with Crippen LogP contribution in [0.25, 0.3) is 11.2 Å². The molecule has 1 unspecified atom stereocenters. The number of fused-ring (bicyclic) bond motifs is 1. The highest BCUT2D eigenvalue weighted by Crippen LogP contribution is 2.38. The Bertz CT molecular complexity index is 817. The smallest absolute Gasteiger partial charge is 0.224 e. The molecule has 0 aromatic carbocycles. The molecule has 2 aromatic heterocycles. The summed E-state index contributed by atoms with van der Waals surface area (Å²) in [5.41, 5.74) is 3.14. The Balaban J connectivity index is 1.28. The summed E-state index contributed by atoms with van der Waals surface area (Å²) in [6.07, 6.45) is 10.6. The quantitative estimate of drug-likeness (QED) is 0.817. The van der Waals surface area contributed by atoms with E-state index in [1.54, 1.807) is 12.5 Å². The first-order valence-electron chi connectivity index (χ1n) is 9.94. The molecular weight excluding hydrogens is 340 g/mol. The van der Waals surface area contributed by atoms with E-state index in [0.29, 0.717) is 5.95 Å². The van der Waals surface area contributed by atoms with Gasteiger partial charge in [-0.15, -0.1) is 0 Å². The number of anilines is 1. The predicted molar refractivity (Wildman–Crippen MR) is 107 cm³/mol. The summed E-state index contributed by atoms with van der Waals surface area (Å²) in [5, 5.41) is 3.35. The highest BCUT2D eigenvalue weighted by Gasteiger charge is 2.42. The highest BCUT2D eigenvalue weighted by molar-refractivity contribution is 5.70. The molecule has 1 atom stereocenters. The molecule has 0 aliphatic carbocycles. The third-order valence-corrected chi connectivity index (χ3v) is 5.81. The third-order valence-electron chi connectivity index (χ3n) is 5.81. The average Bonchev–Trinajstić information content (AvgIpc) is 3.24. The van der Waals surface area contributed by atoms with Gasteiger partial charge in [-0.25, -0.2) is 9.97 Å². The lowest BCUT2D eigenvalue weighted by Gasteiger charge is -2.39. The maximum atomic E-state index is 6.50. The van der Waals surface area contributed by atoms with E-state index in [0.717, 1.165) is 63.0 Å². The number of hydrogen-bond acceptors (Lipinski definition) is 6. The molecule has 2 aliphatic rings. The van der Waals surface area contributed by atoms with Gasteiger partial charge in [-0.3, -0.25) is 4.90 Å². The Kier molecular flexibility index (Phi) is 5.14. The van der Waals surface area contributed by atoms with Gasteiger partial charge in [0.1, 0.15) is 5.52 Å². The molecule has 0 saturated carbocycles. The van der Waals surface area contributed by atoms with E-state index in [1.165, 1.54) is 5.57 Å². The van der Waals surface area contributed by atoms with Crippen molar-refractivity contribution in [1.29, 1.82) is 0 Å². The van der Waals surface area contributed by atoms with E-state index in [-0.39, 0.29) is 11.7 Å². The zero-order valence-electron chi connectivity index (χ0n) is 16.6. The molecule has 0 radical (unpaired) electrons. The largest absolute Gasteiger partial charge is 0.370 e. The second kappa shape index (κ2) is 7.56. The van der Waals surface area contributed by atoms with E-state index in [9.17, 15) is 0 Å². The van der Waals surface area contributed by atoms with Crippen LogP contribution in [0.1, 0.15) is 39.5 Å². The van der Waals surface area contributed by atoms with Crippen LogP contribution in [0.4, 0.5) is 5.95 Å². The number of rotatable bonds is 5. The fourth-order valence-corrected chi connectivity index (χ4v) is 4.07. The summed E-state index contributed by atoms with van der Waals surface area (Å²) in [4.78, 5) is 15.7. The van der Waals surface area contributed by atoms with E-state index in [2.05, 4.69) is 45.1 Å². The molecule has 146 valence electrons. The molecular formula is C20H30N6O. The summed E-state index contributed by atoms with van der Waals surface area (Å²) in [7, 11) is 1.94. The van der Waals surface area contributed by atoms with Gasteiger partial charge >= 0.3 is 0 Å². The van der Waals surface area contributed by atoms with E-state index in [4.69, 9.17) is 4.74 Å². The molecule has 1 spiro atoms. The second-order valence-electron chi connectivity index (χ2n) is 8.18. The van der Waals surface area contributed by atoms with Crippen molar-refractivity contribution in [3.63, 3.8) is 0 Å². The summed E-state index contributed by atoms with van der Waals surface area (Å²) < 4.78 is 8.41. The number of imidazole rings is 1. The molecule has 2 aromatic rings. The Hall–Kier alpha value is -1.99. The maximum Gasteiger partial charge on any atom is 0.224 e. The number of aryl methyl sites for hydroxylation is 1. The van der Waals surface area contributed by atoms with Crippen LogP contribution >= 0.6 is 0 Å². The Morgan fingerprint density at radius 1 is 1.30 bits per heavy atom. The van der Waals surface area contributed by atoms with Crippen molar-refractivity contribution in [2.24, 2.45) is 7.05 Å². The SMILES string of the molecule is CC(C)=CCN1CCC2(CCC(CNc3ncc4ncn(C)c4n3)O2)CC1. The van der Waals surface area contributed by atoms with Crippen LogP contribution < -0.4 is 5.32 Å². The minimum absolute atomic E-state index is 0.0840. The van der Waals surface area contributed by atoms with Crippen molar-refractivity contribution in [3.8, 4) is 0 Å². The van der Waals surface area contributed by atoms with Crippen LogP contribution in [0.2, 0.25) is 0 Å². The first-order valence-corrected chi connectivity index (χ1v) is 9.94. The second-order valence-corrected chi connectivity index (χ2v) is 8.18. The summed E-state index contributed by atoms with van der Waals surface area (Å²) in [6.45, 7) is 8.41. The predicted octanol–water partition coefficient (Wildman–Crippen LogP) is 2.76. The average molecular weight is 371 g/mol. The number of nitrogens with one attached hydrogen (secondary N) is 1. The number of likely N-dealkylation sites (tertiary alicyclic amines) is 1. The molecule has 2 fully saturated rings. The Labute approximate surface area is 160 Å². The van der Waals surface area contributed by atoms with Crippen molar-refractivity contribution < 1.29 is 4.74 Å². The number of ether oxygens (including phenoxy) is 1. The zero-order valence-corrected chi connectivity index (χ0v) is 16.6. The number of hydrogen-bond donors (Lipinski definition) is 1. The van der Waals surface area contributed by atoms with Crippen LogP contribution in [0.15, 0.2) is 24.2 Å². The fraction of sp³-hybridized carbons (Fsp3) is 0.650. The van der Waals surface area contributed by atoms with Gasteiger partial charge in [-0.1, -0.05) is 11.6 Å². The van der Waals surface area contributed by atoms with E-state index < -0.39 is 0 Å². The van der Waals surface area contributed by atoms with Gasteiger partial charge in [-0.2, -0.15) is 4.98 Å². The minimum Gasteiger partial charge on any atom is -0.370 e. The molecule has 4 rings (SSSR count).